The highest BCUT2D eigenvalue weighted by molar-refractivity contribution is 5.21. The second-order valence-electron chi connectivity index (χ2n) is 7.69. The van der Waals surface area contributed by atoms with Gasteiger partial charge in [-0.3, -0.25) is 0 Å². The van der Waals surface area contributed by atoms with Crippen molar-refractivity contribution in [3.63, 3.8) is 0 Å². The first kappa shape index (κ1) is 16.5. The third-order valence-electron chi connectivity index (χ3n) is 5.04. The van der Waals surface area contributed by atoms with Gasteiger partial charge >= 0.3 is 0 Å². The van der Waals surface area contributed by atoms with E-state index in [4.69, 9.17) is 5.11 Å². The van der Waals surface area contributed by atoms with Crippen LogP contribution in [0.25, 0.3) is 0 Å². The molecule has 0 aliphatic heterocycles. The highest BCUT2D eigenvalue weighted by Gasteiger charge is 2.29. The summed E-state index contributed by atoms with van der Waals surface area (Å²) in [5, 5.41) is 12.6. The monoisotopic (exact) mass is 289 g/mol. The van der Waals surface area contributed by atoms with Gasteiger partial charge in [-0.1, -0.05) is 45.0 Å². The minimum Gasteiger partial charge on any atom is -0.392 e. The molecule has 0 bridgehead atoms. The minimum absolute atomic E-state index is 0.130. The van der Waals surface area contributed by atoms with Crippen LogP contribution in [0.15, 0.2) is 24.3 Å². The molecule has 1 aromatic rings. The molecule has 0 spiro atoms. The first-order chi connectivity index (χ1) is 9.99. The molecule has 2 N–H and O–H groups in total. The van der Waals surface area contributed by atoms with E-state index in [0.29, 0.717) is 5.41 Å². The number of benzene rings is 1. The fourth-order valence-electron chi connectivity index (χ4n) is 3.42. The Bertz CT molecular complexity index is 410. The Labute approximate surface area is 130 Å². The van der Waals surface area contributed by atoms with Crippen molar-refractivity contribution in [3.8, 4) is 0 Å². The molecule has 1 fully saturated rings. The smallest absolute Gasteiger partial charge is 0.0681 e. The molecule has 118 valence electrons. The van der Waals surface area contributed by atoms with Crippen molar-refractivity contribution in [3.05, 3.63) is 35.4 Å². The maximum Gasteiger partial charge on any atom is 0.0681 e. The Morgan fingerprint density at radius 3 is 2.10 bits per heavy atom. The highest BCUT2D eigenvalue weighted by atomic mass is 16.3. The summed E-state index contributed by atoms with van der Waals surface area (Å²) in [5.74, 6) is 1.75. The third-order valence-corrected chi connectivity index (χ3v) is 5.04. The molecular formula is C19H31NO. The quantitative estimate of drug-likeness (QED) is 0.854. The minimum atomic E-state index is 0.130. The van der Waals surface area contributed by atoms with Crippen LogP contribution in [0.5, 0.6) is 0 Å². The van der Waals surface area contributed by atoms with Crippen LogP contribution in [0.3, 0.4) is 0 Å². The maximum absolute atomic E-state index is 9.04. The molecule has 0 radical (unpaired) electrons. The summed E-state index contributed by atoms with van der Waals surface area (Å²) in [4.78, 5) is 0. The topological polar surface area (TPSA) is 32.3 Å². The lowest BCUT2D eigenvalue weighted by Crippen LogP contribution is -2.30. The Hall–Kier alpha value is -0.860. The summed E-state index contributed by atoms with van der Waals surface area (Å²) in [7, 11) is 0. The average molecular weight is 289 g/mol. The van der Waals surface area contributed by atoms with Crippen LogP contribution in [0.1, 0.15) is 57.6 Å². The summed E-state index contributed by atoms with van der Waals surface area (Å²) in [5.41, 5.74) is 2.77. The Morgan fingerprint density at radius 2 is 1.57 bits per heavy atom. The van der Waals surface area contributed by atoms with Crippen LogP contribution < -0.4 is 5.32 Å². The van der Waals surface area contributed by atoms with Gasteiger partial charge in [0.1, 0.15) is 0 Å². The van der Waals surface area contributed by atoms with Crippen molar-refractivity contribution in [2.24, 2.45) is 17.3 Å². The van der Waals surface area contributed by atoms with Crippen LogP contribution in [0, 0.1) is 17.3 Å². The second kappa shape index (κ2) is 7.42. The lowest BCUT2D eigenvalue weighted by molar-refractivity contribution is 0.149. The number of aliphatic hydroxyl groups is 1. The maximum atomic E-state index is 9.04. The summed E-state index contributed by atoms with van der Waals surface area (Å²) in [6.07, 6.45) is 5.53. The number of hydrogen-bond acceptors (Lipinski definition) is 2. The van der Waals surface area contributed by atoms with Crippen molar-refractivity contribution >= 4 is 0 Å². The SMILES string of the molecule is CC(C)(C)C1CCC(CNCc2ccc(CO)cc2)CC1. The molecule has 21 heavy (non-hydrogen) atoms. The van der Waals surface area contributed by atoms with Crippen LogP contribution in [0.4, 0.5) is 0 Å². The van der Waals surface area contributed by atoms with E-state index in [-0.39, 0.29) is 6.61 Å². The molecule has 0 heterocycles. The van der Waals surface area contributed by atoms with Crippen molar-refractivity contribution in [2.75, 3.05) is 6.54 Å². The van der Waals surface area contributed by atoms with Crippen molar-refractivity contribution < 1.29 is 5.11 Å². The summed E-state index contributed by atoms with van der Waals surface area (Å²) in [6.45, 7) is 9.35. The van der Waals surface area contributed by atoms with Gasteiger partial charge in [-0.2, -0.15) is 0 Å². The van der Waals surface area contributed by atoms with Crippen LogP contribution >= 0.6 is 0 Å². The van der Waals surface area contributed by atoms with E-state index in [1.165, 1.54) is 31.2 Å². The van der Waals surface area contributed by atoms with Crippen LogP contribution in [-0.4, -0.2) is 11.7 Å². The lowest BCUT2D eigenvalue weighted by Gasteiger charge is -2.37. The van der Waals surface area contributed by atoms with E-state index < -0.39 is 0 Å². The molecule has 0 atom stereocenters. The molecule has 2 rings (SSSR count). The first-order valence-electron chi connectivity index (χ1n) is 8.38. The van der Waals surface area contributed by atoms with Crippen molar-refractivity contribution in [1.82, 2.24) is 5.32 Å². The number of rotatable bonds is 5. The number of hydrogen-bond donors (Lipinski definition) is 2. The molecule has 0 unspecified atom stereocenters. The third kappa shape index (κ3) is 5.12. The van der Waals surface area contributed by atoms with Crippen molar-refractivity contribution in [2.45, 2.75) is 59.6 Å². The van der Waals surface area contributed by atoms with E-state index in [9.17, 15) is 0 Å². The van der Waals surface area contributed by atoms with E-state index in [0.717, 1.165) is 30.5 Å². The lowest BCUT2D eigenvalue weighted by atomic mass is 9.70. The van der Waals surface area contributed by atoms with Crippen molar-refractivity contribution in [1.29, 1.82) is 0 Å². The molecular weight excluding hydrogens is 258 g/mol. The van der Waals surface area contributed by atoms with Gasteiger partial charge in [0.25, 0.3) is 0 Å². The predicted molar refractivity (Wildman–Crippen MR) is 89.0 cm³/mol. The van der Waals surface area contributed by atoms with E-state index >= 15 is 0 Å². The normalized spacial score (nSPS) is 23.2. The average Bonchev–Trinajstić information content (AvgIpc) is 2.47. The molecule has 0 saturated heterocycles. The van der Waals surface area contributed by atoms with Gasteiger partial charge in [0, 0.05) is 6.54 Å². The van der Waals surface area contributed by atoms with Gasteiger partial charge in [-0.25, -0.2) is 0 Å². The summed E-state index contributed by atoms with van der Waals surface area (Å²) >= 11 is 0. The summed E-state index contributed by atoms with van der Waals surface area (Å²) < 4.78 is 0. The number of aliphatic hydroxyl groups excluding tert-OH is 1. The van der Waals surface area contributed by atoms with E-state index in [2.05, 4.69) is 38.2 Å². The van der Waals surface area contributed by atoms with Crippen LogP contribution in [-0.2, 0) is 13.2 Å². The number of nitrogens with one attached hydrogen (secondary N) is 1. The van der Waals surface area contributed by atoms with Gasteiger partial charge in [0.05, 0.1) is 6.61 Å². The standard InChI is InChI=1S/C19H31NO/c1-19(2,3)18-10-8-16(9-11-18)13-20-12-15-4-6-17(14-21)7-5-15/h4-7,16,18,20-21H,8-14H2,1-3H3. The van der Waals surface area contributed by atoms with Gasteiger partial charge in [-0.05, 0) is 60.6 Å². The van der Waals surface area contributed by atoms with Gasteiger partial charge in [0.15, 0.2) is 0 Å². The summed E-state index contributed by atoms with van der Waals surface area (Å²) in [6, 6.07) is 8.22. The molecule has 1 saturated carbocycles. The fourth-order valence-corrected chi connectivity index (χ4v) is 3.42. The van der Waals surface area contributed by atoms with E-state index in [1.54, 1.807) is 0 Å². The molecule has 1 aliphatic rings. The molecule has 2 heteroatoms. The second-order valence-corrected chi connectivity index (χ2v) is 7.69. The zero-order valence-corrected chi connectivity index (χ0v) is 13.9. The van der Waals surface area contributed by atoms with Gasteiger partial charge in [0.2, 0.25) is 0 Å². The molecule has 1 aliphatic carbocycles. The molecule has 1 aromatic carbocycles. The molecule has 0 amide bonds. The Morgan fingerprint density at radius 1 is 1.00 bits per heavy atom. The predicted octanol–water partition coefficient (Wildman–Crippen LogP) is 4.12. The zero-order chi connectivity index (χ0) is 15.3. The molecule has 0 aromatic heterocycles. The first-order valence-corrected chi connectivity index (χ1v) is 8.38. The zero-order valence-electron chi connectivity index (χ0n) is 13.9. The highest BCUT2D eigenvalue weighted by Crippen LogP contribution is 2.39. The largest absolute Gasteiger partial charge is 0.392 e. The molecule has 2 nitrogen and oxygen atoms in total. The van der Waals surface area contributed by atoms with Crippen LogP contribution in [0.2, 0.25) is 0 Å². The van der Waals surface area contributed by atoms with Gasteiger partial charge in [-0.15, -0.1) is 0 Å². The van der Waals surface area contributed by atoms with E-state index in [1.807, 2.05) is 12.1 Å². The Kier molecular flexibility index (Phi) is 5.83. The fraction of sp³-hybridized carbons (Fsp3) is 0.684. The Balaban J connectivity index is 1.68. The van der Waals surface area contributed by atoms with Gasteiger partial charge < -0.3 is 10.4 Å².